The number of rotatable bonds is 5. The Kier molecular flexibility index (Phi) is 5.10. The number of esters is 1. The zero-order valence-corrected chi connectivity index (χ0v) is 15.5. The second-order valence-corrected chi connectivity index (χ2v) is 8.02. The van der Waals surface area contributed by atoms with Crippen molar-refractivity contribution in [1.82, 2.24) is 9.55 Å². The number of fused-ring (bicyclic) bond motifs is 3. The highest BCUT2D eigenvalue weighted by Gasteiger charge is 2.24. The molecule has 2 heterocycles. The van der Waals surface area contributed by atoms with Gasteiger partial charge in [-0.2, -0.15) is 0 Å². The van der Waals surface area contributed by atoms with Crippen molar-refractivity contribution in [3.05, 3.63) is 33.4 Å². The lowest BCUT2D eigenvalue weighted by molar-refractivity contribution is -0.137. The standard InChI is InChI=1S/C17H20N2O3S2/c1-4-7-19-16(21)14-11-6-5-10(2)8-12(11)24-15(14)18-17(19)23-9-13(20)22-3/h4,10H,1,5-9H2,2-3H3. The van der Waals surface area contributed by atoms with Crippen LogP contribution in [0, 0.1) is 5.92 Å². The van der Waals surface area contributed by atoms with Crippen molar-refractivity contribution in [3.63, 3.8) is 0 Å². The Morgan fingerprint density at radius 1 is 1.58 bits per heavy atom. The molecule has 0 spiro atoms. The molecule has 0 N–H and O–H groups in total. The number of hydrogen-bond donors (Lipinski definition) is 0. The molecule has 0 aliphatic heterocycles. The number of aromatic nitrogens is 2. The lowest BCUT2D eigenvalue weighted by Gasteiger charge is -2.17. The van der Waals surface area contributed by atoms with Crippen LogP contribution in [-0.4, -0.2) is 28.4 Å². The minimum absolute atomic E-state index is 0.0284. The summed E-state index contributed by atoms with van der Waals surface area (Å²) in [4.78, 5) is 31.2. The van der Waals surface area contributed by atoms with Gasteiger partial charge in [0.05, 0.1) is 18.2 Å². The summed E-state index contributed by atoms with van der Waals surface area (Å²) >= 11 is 2.85. The summed E-state index contributed by atoms with van der Waals surface area (Å²) in [6.07, 6.45) is 4.74. The number of nitrogens with zero attached hydrogens (tertiary/aromatic N) is 2. The quantitative estimate of drug-likeness (QED) is 0.353. The molecule has 3 rings (SSSR count). The van der Waals surface area contributed by atoms with Crippen molar-refractivity contribution in [2.75, 3.05) is 12.9 Å². The molecule has 1 aliphatic carbocycles. The molecule has 0 radical (unpaired) electrons. The Balaban J connectivity index is 2.11. The van der Waals surface area contributed by atoms with E-state index >= 15 is 0 Å². The molecule has 7 heteroatoms. The summed E-state index contributed by atoms with van der Waals surface area (Å²) in [6, 6.07) is 0. The van der Waals surface area contributed by atoms with Crippen molar-refractivity contribution in [1.29, 1.82) is 0 Å². The third-order valence-corrected chi connectivity index (χ3v) is 6.34. The predicted octanol–water partition coefficient (Wildman–Crippen LogP) is 3.03. The number of thioether (sulfide) groups is 1. The van der Waals surface area contributed by atoms with Crippen LogP contribution in [0.15, 0.2) is 22.6 Å². The zero-order valence-electron chi connectivity index (χ0n) is 13.8. The van der Waals surface area contributed by atoms with Crippen molar-refractivity contribution >= 4 is 39.3 Å². The predicted molar refractivity (Wildman–Crippen MR) is 98.0 cm³/mol. The fourth-order valence-corrected chi connectivity index (χ4v) is 5.25. The van der Waals surface area contributed by atoms with E-state index in [-0.39, 0.29) is 17.3 Å². The van der Waals surface area contributed by atoms with Crippen LogP contribution in [0.2, 0.25) is 0 Å². The Labute approximate surface area is 148 Å². The molecule has 128 valence electrons. The molecule has 1 aliphatic rings. The van der Waals surface area contributed by atoms with Gasteiger partial charge in [0.25, 0.3) is 5.56 Å². The van der Waals surface area contributed by atoms with E-state index in [1.54, 1.807) is 22.0 Å². The summed E-state index contributed by atoms with van der Waals surface area (Å²) in [7, 11) is 1.35. The first kappa shape index (κ1) is 17.2. The van der Waals surface area contributed by atoms with E-state index in [2.05, 4.69) is 23.2 Å². The lowest BCUT2D eigenvalue weighted by atomic mass is 9.89. The normalized spacial score (nSPS) is 16.8. The Morgan fingerprint density at radius 3 is 3.08 bits per heavy atom. The summed E-state index contributed by atoms with van der Waals surface area (Å²) in [6.45, 7) is 6.35. The molecule has 24 heavy (non-hydrogen) atoms. The SMILES string of the molecule is C=CCn1c(SCC(=O)OC)nc2sc3c(c2c1=O)CCC(C)C3. The van der Waals surface area contributed by atoms with Crippen LogP contribution < -0.4 is 5.56 Å². The molecular weight excluding hydrogens is 344 g/mol. The van der Waals surface area contributed by atoms with Gasteiger partial charge in [-0.05, 0) is 30.7 Å². The monoisotopic (exact) mass is 364 g/mol. The highest BCUT2D eigenvalue weighted by atomic mass is 32.2. The number of thiophene rings is 1. The van der Waals surface area contributed by atoms with Crippen molar-refractivity contribution < 1.29 is 9.53 Å². The van der Waals surface area contributed by atoms with Crippen LogP contribution in [0.5, 0.6) is 0 Å². The number of ether oxygens (including phenoxy) is 1. The fraction of sp³-hybridized carbons (Fsp3) is 0.471. The van der Waals surface area contributed by atoms with Gasteiger partial charge < -0.3 is 4.74 Å². The number of carbonyl (C=O) groups is 1. The fourth-order valence-electron chi connectivity index (χ4n) is 2.99. The molecule has 0 amide bonds. The van der Waals surface area contributed by atoms with Gasteiger partial charge in [-0.1, -0.05) is 24.8 Å². The number of hydrogen-bond acceptors (Lipinski definition) is 6. The number of aryl methyl sites for hydroxylation is 1. The lowest BCUT2D eigenvalue weighted by Crippen LogP contribution is -2.24. The van der Waals surface area contributed by atoms with Crippen molar-refractivity contribution in [3.8, 4) is 0 Å². The molecule has 0 aromatic carbocycles. The molecular formula is C17H20N2O3S2. The van der Waals surface area contributed by atoms with Crippen molar-refractivity contribution in [2.45, 2.75) is 37.9 Å². The van der Waals surface area contributed by atoms with E-state index in [4.69, 9.17) is 0 Å². The average Bonchev–Trinajstić information content (AvgIpc) is 2.92. The van der Waals surface area contributed by atoms with E-state index in [1.165, 1.54) is 29.3 Å². The van der Waals surface area contributed by atoms with Gasteiger partial charge in [0.15, 0.2) is 5.16 Å². The second kappa shape index (κ2) is 7.11. The molecule has 0 fully saturated rings. The van der Waals surface area contributed by atoms with Crippen LogP contribution in [0.1, 0.15) is 23.8 Å². The number of carbonyl (C=O) groups excluding carboxylic acids is 1. The van der Waals surface area contributed by atoms with E-state index in [0.717, 1.165) is 29.5 Å². The minimum atomic E-state index is -0.334. The molecule has 2 aromatic rings. The third kappa shape index (κ3) is 3.15. The van der Waals surface area contributed by atoms with E-state index in [1.807, 2.05) is 0 Å². The molecule has 2 aromatic heterocycles. The maximum absolute atomic E-state index is 13.0. The Hall–Kier alpha value is -1.60. The summed E-state index contributed by atoms with van der Waals surface area (Å²) < 4.78 is 6.28. The third-order valence-electron chi connectivity index (χ3n) is 4.24. The molecule has 0 saturated heterocycles. The van der Waals surface area contributed by atoms with Crippen LogP contribution in [-0.2, 0) is 28.9 Å². The van der Waals surface area contributed by atoms with Gasteiger partial charge in [-0.15, -0.1) is 17.9 Å². The van der Waals surface area contributed by atoms with Gasteiger partial charge in [-0.25, -0.2) is 4.98 Å². The Bertz CT molecular complexity index is 854. The summed E-state index contributed by atoms with van der Waals surface area (Å²) in [5, 5.41) is 1.30. The Morgan fingerprint density at radius 2 is 2.38 bits per heavy atom. The van der Waals surface area contributed by atoms with E-state index < -0.39 is 0 Å². The van der Waals surface area contributed by atoms with Gasteiger partial charge in [0, 0.05) is 11.4 Å². The smallest absolute Gasteiger partial charge is 0.316 e. The van der Waals surface area contributed by atoms with Gasteiger partial charge in [0.2, 0.25) is 0 Å². The number of methoxy groups -OCH3 is 1. The summed E-state index contributed by atoms with van der Waals surface area (Å²) in [5.41, 5.74) is 1.15. The van der Waals surface area contributed by atoms with Crippen LogP contribution in [0.3, 0.4) is 0 Å². The second-order valence-electron chi connectivity index (χ2n) is 6.00. The first-order chi connectivity index (χ1) is 11.5. The molecule has 1 unspecified atom stereocenters. The van der Waals surface area contributed by atoms with Crippen LogP contribution >= 0.6 is 23.1 Å². The first-order valence-electron chi connectivity index (χ1n) is 7.90. The maximum Gasteiger partial charge on any atom is 0.316 e. The minimum Gasteiger partial charge on any atom is -0.468 e. The summed E-state index contributed by atoms with van der Waals surface area (Å²) in [5.74, 6) is 0.446. The van der Waals surface area contributed by atoms with Gasteiger partial charge >= 0.3 is 5.97 Å². The average molecular weight is 364 g/mol. The number of allylic oxidation sites excluding steroid dienone is 1. The van der Waals surface area contributed by atoms with E-state index in [0.29, 0.717) is 17.6 Å². The first-order valence-corrected chi connectivity index (χ1v) is 9.71. The van der Waals surface area contributed by atoms with Gasteiger partial charge in [0.1, 0.15) is 4.83 Å². The van der Waals surface area contributed by atoms with Crippen LogP contribution in [0.4, 0.5) is 0 Å². The van der Waals surface area contributed by atoms with Crippen LogP contribution in [0.25, 0.3) is 10.2 Å². The molecule has 0 saturated carbocycles. The molecule has 1 atom stereocenters. The molecule has 5 nitrogen and oxygen atoms in total. The molecule has 0 bridgehead atoms. The highest BCUT2D eigenvalue weighted by Crippen LogP contribution is 2.36. The topological polar surface area (TPSA) is 61.2 Å². The highest BCUT2D eigenvalue weighted by molar-refractivity contribution is 7.99. The van der Waals surface area contributed by atoms with Crippen molar-refractivity contribution in [2.24, 2.45) is 5.92 Å². The zero-order chi connectivity index (χ0) is 17.3. The maximum atomic E-state index is 13.0. The largest absolute Gasteiger partial charge is 0.468 e. The van der Waals surface area contributed by atoms with E-state index in [9.17, 15) is 9.59 Å². The van der Waals surface area contributed by atoms with Gasteiger partial charge in [-0.3, -0.25) is 14.2 Å².